The highest BCUT2D eigenvalue weighted by Gasteiger charge is 2.04. The van der Waals surface area contributed by atoms with Gasteiger partial charge in [-0.05, 0) is 18.1 Å². The SMILES string of the molecule is Cc1ccccc1-c1cncnc1N. The average molecular weight is 185 g/mol. The molecule has 1 aromatic carbocycles. The first-order valence-corrected chi connectivity index (χ1v) is 4.40. The molecule has 2 rings (SSSR count). The van der Waals surface area contributed by atoms with E-state index < -0.39 is 0 Å². The van der Waals surface area contributed by atoms with Crippen molar-refractivity contribution in [3.63, 3.8) is 0 Å². The number of nitrogens with two attached hydrogens (primary N) is 1. The Balaban J connectivity index is 2.61. The van der Waals surface area contributed by atoms with Crippen LogP contribution in [0.5, 0.6) is 0 Å². The van der Waals surface area contributed by atoms with Gasteiger partial charge in [0.25, 0.3) is 0 Å². The Morgan fingerprint density at radius 1 is 1.14 bits per heavy atom. The largest absolute Gasteiger partial charge is 0.383 e. The molecule has 2 N–H and O–H groups in total. The molecule has 0 saturated carbocycles. The van der Waals surface area contributed by atoms with Crippen molar-refractivity contribution in [1.82, 2.24) is 9.97 Å². The lowest BCUT2D eigenvalue weighted by Gasteiger charge is -2.06. The van der Waals surface area contributed by atoms with Gasteiger partial charge in [-0.2, -0.15) is 0 Å². The molecule has 3 heteroatoms. The van der Waals surface area contributed by atoms with Crippen LogP contribution in [0.1, 0.15) is 5.56 Å². The molecule has 14 heavy (non-hydrogen) atoms. The van der Waals surface area contributed by atoms with E-state index in [1.54, 1.807) is 6.20 Å². The second-order valence-electron chi connectivity index (χ2n) is 3.14. The highest BCUT2D eigenvalue weighted by atomic mass is 14.9. The van der Waals surface area contributed by atoms with Crippen molar-refractivity contribution >= 4 is 5.82 Å². The molecule has 0 bridgehead atoms. The van der Waals surface area contributed by atoms with E-state index in [2.05, 4.69) is 9.97 Å². The van der Waals surface area contributed by atoms with E-state index >= 15 is 0 Å². The fourth-order valence-corrected chi connectivity index (χ4v) is 1.42. The molecule has 0 fully saturated rings. The monoisotopic (exact) mass is 185 g/mol. The average Bonchev–Trinajstić information content (AvgIpc) is 2.20. The van der Waals surface area contributed by atoms with Crippen LogP contribution in [0.4, 0.5) is 5.82 Å². The number of nitrogen functional groups attached to an aromatic ring is 1. The van der Waals surface area contributed by atoms with Gasteiger partial charge in [0.05, 0.1) is 0 Å². The van der Waals surface area contributed by atoms with Crippen LogP contribution in [-0.4, -0.2) is 9.97 Å². The van der Waals surface area contributed by atoms with E-state index in [1.165, 1.54) is 11.9 Å². The summed E-state index contributed by atoms with van der Waals surface area (Å²) in [5, 5.41) is 0. The van der Waals surface area contributed by atoms with Gasteiger partial charge in [0.2, 0.25) is 0 Å². The zero-order valence-corrected chi connectivity index (χ0v) is 7.94. The highest BCUT2D eigenvalue weighted by molar-refractivity contribution is 5.74. The third-order valence-corrected chi connectivity index (χ3v) is 2.18. The molecular formula is C11H11N3. The topological polar surface area (TPSA) is 51.8 Å². The number of nitrogens with zero attached hydrogens (tertiary/aromatic N) is 2. The summed E-state index contributed by atoms with van der Waals surface area (Å²) < 4.78 is 0. The fourth-order valence-electron chi connectivity index (χ4n) is 1.42. The van der Waals surface area contributed by atoms with Gasteiger partial charge in [0, 0.05) is 11.8 Å². The molecule has 0 radical (unpaired) electrons. The Morgan fingerprint density at radius 2 is 1.93 bits per heavy atom. The Bertz CT molecular complexity index is 408. The van der Waals surface area contributed by atoms with Gasteiger partial charge in [-0.1, -0.05) is 24.3 Å². The highest BCUT2D eigenvalue weighted by Crippen LogP contribution is 2.25. The predicted molar refractivity (Wildman–Crippen MR) is 56.6 cm³/mol. The van der Waals surface area contributed by atoms with Crippen LogP contribution in [0.2, 0.25) is 0 Å². The summed E-state index contributed by atoms with van der Waals surface area (Å²) in [6.45, 7) is 2.04. The van der Waals surface area contributed by atoms with Gasteiger partial charge >= 0.3 is 0 Å². The second-order valence-corrected chi connectivity index (χ2v) is 3.14. The smallest absolute Gasteiger partial charge is 0.134 e. The summed E-state index contributed by atoms with van der Waals surface area (Å²) in [6, 6.07) is 8.04. The molecule has 0 unspecified atom stereocenters. The number of aromatic nitrogens is 2. The van der Waals surface area contributed by atoms with Gasteiger partial charge in [0.15, 0.2) is 0 Å². The van der Waals surface area contributed by atoms with Crippen LogP contribution < -0.4 is 5.73 Å². The molecule has 0 spiro atoms. The van der Waals surface area contributed by atoms with E-state index in [-0.39, 0.29) is 0 Å². The van der Waals surface area contributed by atoms with Gasteiger partial charge < -0.3 is 5.73 Å². The van der Waals surface area contributed by atoms with Gasteiger partial charge in [-0.3, -0.25) is 0 Å². The van der Waals surface area contributed by atoms with E-state index in [4.69, 9.17) is 5.73 Å². The summed E-state index contributed by atoms with van der Waals surface area (Å²) >= 11 is 0. The first-order chi connectivity index (χ1) is 6.79. The number of hydrogen-bond donors (Lipinski definition) is 1. The maximum atomic E-state index is 5.77. The first-order valence-electron chi connectivity index (χ1n) is 4.40. The second kappa shape index (κ2) is 3.46. The third-order valence-electron chi connectivity index (χ3n) is 2.18. The summed E-state index contributed by atoms with van der Waals surface area (Å²) in [7, 11) is 0. The van der Waals surface area contributed by atoms with Crippen LogP contribution in [-0.2, 0) is 0 Å². The van der Waals surface area contributed by atoms with Crippen LogP contribution >= 0.6 is 0 Å². The summed E-state index contributed by atoms with van der Waals surface area (Å²) in [6.07, 6.45) is 3.20. The molecular weight excluding hydrogens is 174 g/mol. The van der Waals surface area contributed by atoms with Crippen molar-refractivity contribution in [1.29, 1.82) is 0 Å². The summed E-state index contributed by atoms with van der Waals surface area (Å²) in [5.74, 6) is 0.523. The van der Waals surface area contributed by atoms with Crippen LogP contribution in [0.25, 0.3) is 11.1 Å². The van der Waals surface area contributed by atoms with Crippen LogP contribution in [0, 0.1) is 6.92 Å². The maximum Gasteiger partial charge on any atom is 0.134 e. The summed E-state index contributed by atoms with van der Waals surface area (Å²) in [4.78, 5) is 7.94. The Kier molecular flexibility index (Phi) is 2.14. The Morgan fingerprint density at radius 3 is 2.64 bits per heavy atom. The maximum absolute atomic E-state index is 5.77. The molecule has 0 aliphatic heterocycles. The predicted octanol–water partition coefficient (Wildman–Crippen LogP) is 2.03. The standard InChI is InChI=1S/C11H11N3/c1-8-4-2-3-5-9(8)10-6-13-7-14-11(10)12/h2-7H,1H3,(H2,12,13,14). The molecule has 1 heterocycles. The third kappa shape index (κ3) is 1.44. The quantitative estimate of drug-likeness (QED) is 0.739. The fraction of sp³-hybridized carbons (Fsp3) is 0.0909. The minimum Gasteiger partial charge on any atom is -0.383 e. The first kappa shape index (κ1) is 8.69. The van der Waals surface area contributed by atoms with Gasteiger partial charge in [-0.25, -0.2) is 9.97 Å². The van der Waals surface area contributed by atoms with E-state index in [0.717, 1.165) is 11.1 Å². The van der Waals surface area contributed by atoms with E-state index in [9.17, 15) is 0 Å². The molecule has 70 valence electrons. The molecule has 0 saturated heterocycles. The lowest BCUT2D eigenvalue weighted by Crippen LogP contribution is -1.95. The molecule has 3 nitrogen and oxygen atoms in total. The molecule has 1 aromatic heterocycles. The number of aryl methyl sites for hydroxylation is 1. The van der Waals surface area contributed by atoms with Crippen molar-refractivity contribution < 1.29 is 0 Å². The van der Waals surface area contributed by atoms with Crippen molar-refractivity contribution in [2.45, 2.75) is 6.92 Å². The van der Waals surface area contributed by atoms with Crippen molar-refractivity contribution in [2.24, 2.45) is 0 Å². The summed E-state index contributed by atoms with van der Waals surface area (Å²) in [5.41, 5.74) is 8.93. The number of benzene rings is 1. The molecule has 2 aromatic rings. The van der Waals surface area contributed by atoms with Gasteiger partial charge in [-0.15, -0.1) is 0 Å². The molecule has 0 atom stereocenters. The molecule has 0 aliphatic carbocycles. The normalized spacial score (nSPS) is 10.1. The zero-order valence-electron chi connectivity index (χ0n) is 7.94. The van der Waals surface area contributed by atoms with Crippen molar-refractivity contribution in [2.75, 3.05) is 5.73 Å². The number of rotatable bonds is 1. The number of anilines is 1. The Labute approximate surface area is 82.6 Å². The van der Waals surface area contributed by atoms with Crippen LogP contribution in [0.15, 0.2) is 36.8 Å². The van der Waals surface area contributed by atoms with E-state index in [1.807, 2.05) is 31.2 Å². The molecule has 0 amide bonds. The zero-order chi connectivity index (χ0) is 9.97. The Hall–Kier alpha value is -1.90. The number of hydrogen-bond acceptors (Lipinski definition) is 3. The van der Waals surface area contributed by atoms with Crippen molar-refractivity contribution in [3.05, 3.63) is 42.4 Å². The lowest BCUT2D eigenvalue weighted by molar-refractivity contribution is 1.18. The molecule has 0 aliphatic rings. The lowest BCUT2D eigenvalue weighted by atomic mass is 10.0. The minimum atomic E-state index is 0.523. The van der Waals surface area contributed by atoms with Crippen LogP contribution in [0.3, 0.4) is 0 Å². The van der Waals surface area contributed by atoms with Gasteiger partial charge in [0.1, 0.15) is 12.1 Å². The van der Waals surface area contributed by atoms with Crippen molar-refractivity contribution in [3.8, 4) is 11.1 Å². The van der Waals surface area contributed by atoms with E-state index in [0.29, 0.717) is 5.82 Å². The minimum absolute atomic E-state index is 0.523.